The molecule has 4 N–H and O–H groups in total. The van der Waals surface area contributed by atoms with Gasteiger partial charge in [0.25, 0.3) is 6.43 Å². The standard InChI is InChI=1S/C22H22F3NO5/c23-14-2-1-3-15-17(14)13(8-11-4-6-12(7-5-11)21(24)25)9-26(15)22-20(30)19(29)18(28)16(10-27)31-22/h1-7,9,16,18-22,27-30H,8,10H2/t16-,18-,19+,20-,22-/m1/s1. The predicted molar refractivity (Wildman–Crippen MR) is 105 cm³/mol. The summed E-state index contributed by atoms with van der Waals surface area (Å²) in [7, 11) is 0. The zero-order valence-corrected chi connectivity index (χ0v) is 16.3. The molecule has 9 heteroatoms. The minimum atomic E-state index is -2.58. The summed E-state index contributed by atoms with van der Waals surface area (Å²) in [5.41, 5.74) is 1.47. The molecule has 0 bridgehead atoms. The van der Waals surface area contributed by atoms with E-state index in [0.717, 1.165) is 0 Å². The van der Waals surface area contributed by atoms with Crippen LogP contribution in [0.3, 0.4) is 0 Å². The quantitative estimate of drug-likeness (QED) is 0.491. The number of alkyl halides is 2. The fraction of sp³-hybridized carbons (Fsp3) is 0.364. The molecule has 1 saturated heterocycles. The van der Waals surface area contributed by atoms with Crippen molar-refractivity contribution in [3.8, 4) is 0 Å². The molecule has 6 nitrogen and oxygen atoms in total. The van der Waals surface area contributed by atoms with Crippen LogP contribution in [0.2, 0.25) is 0 Å². The van der Waals surface area contributed by atoms with Gasteiger partial charge < -0.3 is 29.7 Å². The van der Waals surface area contributed by atoms with E-state index in [1.165, 1.54) is 28.8 Å². The zero-order valence-electron chi connectivity index (χ0n) is 16.3. The Balaban J connectivity index is 1.75. The van der Waals surface area contributed by atoms with Crippen LogP contribution >= 0.6 is 0 Å². The van der Waals surface area contributed by atoms with Crippen molar-refractivity contribution in [1.29, 1.82) is 0 Å². The number of hydrogen-bond donors (Lipinski definition) is 4. The first kappa shape index (κ1) is 21.8. The number of rotatable bonds is 5. The van der Waals surface area contributed by atoms with Crippen LogP contribution in [0, 0.1) is 5.82 Å². The lowest BCUT2D eigenvalue weighted by Crippen LogP contribution is -2.56. The van der Waals surface area contributed by atoms with Crippen LogP contribution in [-0.4, -0.2) is 56.0 Å². The van der Waals surface area contributed by atoms with E-state index in [2.05, 4.69) is 0 Å². The van der Waals surface area contributed by atoms with Crippen molar-refractivity contribution < 1.29 is 38.3 Å². The highest BCUT2D eigenvalue weighted by atomic mass is 19.3. The lowest BCUT2D eigenvalue weighted by atomic mass is 9.98. The van der Waals surface area contributed by atoms with E-state index >= 15 is 0 Å². The maximum absolute atomic E-state index is 14.7. The number of fused-ring (bicyclic) bond motifs is 1. The van der Waals surface area contributed by atoms with Gasteiger partial charge in [-0.1, -0.05) is 30.3 Å². The molecule has 0 aliphatic carbocycles. The number of nitrogens with zero attached hydrogens (tertiary/aromatic N) is 1. The van der Waals surface area contributed by atoms with Gasteiger partial charge in [0.1, 0.15) is 30.2 Å². The Bertz CT molecular complexity index is 1050. The van der Waals surface area contributed by atoms with E-state index in [0.29, 0.717) is 16.6 Å². The fourth-order valence-corrected chi connectivity index (χ4v) is 4.01. The predicted octanol–water partition coefficient (Wildman–Crippen LogP) is 2.28. The van der Waals surface area contributed by atoms with Gasteiger partial charge in [-0.3, -0.25) is 0 Å². The van der Waals surface area contributed by atoms with Gasteiger partial charge in [-0.2, -0.15) is 0 Å². The average Bonchev–Trinajstić information content (AvgIpc) is 3.12. The van der Waals surface area contributed by atoms with E-state index in [1.54, 1.807) is 24.4 Å². The minimum Gasteiger partial charge on any atom is -0.394 e. The molecular formula is C22H22F3NO5. The third-order valence-electron chi connectivity index (χ3n) is 5.65. The van der Waals surface area contributed by atoms with Gasteiger partial charge in [0.15, 0.2) is 6.23 Å². The minimum absolute atomic E-state index is 0.112. The smallest absolute Gasteiger partial charge is 0.263 e. The summed E-state index contributed by atoms with van der Waals surface area (Å²) in [6.45, 7) is -0.585. The molecule has 1 aliphatic rings. The van der Waals surface area contributed by atoms with Crippen molar-refractivity contribution in [1.82, 2.24) is 4.57 Å². The Hall–Kier alpha value is -2.43. The number of benzene rings is 2. The van der Waals surface area contributed by atoms with E-state index < -0.39 is 49.5 Å². The van der Waals surface area contributed by atoms with Crippen LogP contribution in [0.5, 0.6) is 0 Å². The lowest BCUT2D eigenvalue weighted by Gasteiger charge is -2.40. The molecule has 1 fully saturated rings. The van der Waals surface area contributed by atoms with E-state index in [4.69, 9.17) is 4.74 Å². The van der Waals surface area contributed by atoms with E-state index in [-0.39, 0.29) is 17.4 Å². The highest BCUT2D eigenvalue weighted by Gasteiger charge is 2.44. The van der Waals surface area contributed by atoms with Gasteiger partial charge in [0.05, 0.1) is 12.1 Å². The molecule has 0 unspecified atom stereocenters. The summed E-state index contributed by atoms with van der Waals surface area (Å²) in [5, 5.41) is 40.3. The molecule has 2 heterocycles. The van der Waals surface area contributed by atoms with Crippen LogP contribution < -0.4 is 0 Å². The second-order valence-electron chi connectivity index (χ2n) is 7.63. The zero-order chi connectivity index (χ0) is 22.3. The van der Waals surface area contributed by atoms with Crippen LogP contribution in [0.1, 0.15) is 29.3 Å². The van der Waals surface area contributed by atoms with Gasteiger partial charge in [-0.15, -0.1) is 0 Å². The first-order chi connectivity index (χ1) is 14.8. The number of aromatic nitrogens is 1. The Morgan fingerprint density at radius 2 is 1.68 bits per heavy atom. The van der Waals surface area contributed by atoms with Gasteiger partial charge in [0, 0.05) is 17.1 Å². The van der Waals surface area contributed by atoms with Gasteiger partial charge >= 0.3 is 0 Å². The number of aliphatic hydroxyl groups excluding tert-OH is 4. The Kier molecular flexibility index (Phi) is 6.05. The molecule has 0 saturated carbocycles. The monoisotopic (exact) mass is 437 g/mol. The SMILES string of the molecule is OC[C@H]1O[C@@H](n2cc(Cc3ccc(C(F)F)cc3)c3c(F)cccc32)[C@H](O)[C@@H](O)[C@@H]1O. The van der Waals surface area contributed by atoms with Crippen molar-refractivity contribution in [2.24, 2.45) is 0 Å². The van der Waals surface area contributed by atoms with Gasteiger partial charge in [-0.25, -0.2) is 13.2 Å². The Morgan fingerprint density at radius 3 is 2.32 bits per heavy atom. The van der Waals surface area contributed by atoms with Crippen molar-refractivity contribution in [3.63, 3.8) is 0 Å². The third kappa shape index (κ3) is 3.95. The van der Waals surface area contributed by atoms with Gasteiger partial charge in [0.2, 0.25) is 0 Å². The molecule has 2 aromatic carbocycles. The maximum atomic E-state index is 14.7. The van der Waals surface area contributed by atoms with Gasteiger partial charge in [-0.05, 0) is 29.7 Å². The molecule has 3 aromatic rings. The second-order valence-corrected chi connectivity index (χ2v) is 7.63. The second kappa shape index (κ2) is 8.60. The number of aliphatic hydroxyl groups is 4. The number of halogens is 3. The van der Waals surface area contributed by atoms with Crippen molar-refractivity contribution in [3.05, 3.63) is 71.2 Å². The Morgan fingerprint density at radius 1 is 0.968 bits per heavy atom. The normalized spacial score (nSPS) is 26.6. The molecule has 5 atom stereocenters. The van der Waals surface area contributed by atoms with Crippen molar-refractivity contribution in [2.45, 2.75) is 43.5 Å². The number of hydrogen-bond acceptors (Lipinski definition) is 5. The summed E-state index contributed by atoms with van der Waals surface area (Å²) in [4.78, 5) is 0. The summed E-state index contributed by atoms with van der Waals surface area (Å²) in [6.07, 6.45) is -7.72. The summed E-state index contributed by atoms with van der Waals surface area (Å²) < 4.78 is 47.4. The summed E-state index contributed by atoms with van der Waals surface area (Å²) >= 11 is 0. The average molecular weight is 437 g/mol. The highest BCUT2D eigenvalue weighted by molar-refractivity contribution is 5.85. The van der Waals surface area contributed by atoms with Crippen molar-refractivity contribution in [2.75, 3.05) is 6.61 Å². The first-order valence-corrected chi connectivity index (χ1v) is 9.77. The van der Waals surface area contributed by atoms with E-state index in [1.807, 2.05) is 0 Å². The lowest BCUT2D eigenvalue weighted by molar-refractivity contribution is -0.250. The molecule has 0 spiro atoms. The molecule has 0 amide bonds. The van der Waals surface area contributed by atoms with Crippen LogP contribution in [0.15, 0.2) is 48.7 Å². The Labute approximate surface area is 175 Å². The molecule has 1 aromatic heterocycles. The molecular weight excluding hydrogens is 415 g/mol. The highest BCUT2D eigenvalue weighted by Crippen LogP contribution is 2.35. The number of ether oxygens (including phenoxy) is 1. The largest absolute Gasteiger partial charge is 0.394 e. The first-order valence-electron chi connectivity index (χ1n) is 9.77. The molecule has 0 radical (unpaired) electrons. The molecule has 4 rings (SSSR count). The maximum Gasteiger partial charge on any atom is 0.263 e. The van der Waals surface area contributed by atoms with E-state index in [9.17, 15) is 33.6 Å². The molecule has 166 valence electrons. The summed E-state index contributed by atoms with van der Waals surface area (Å²) in [5.74, 6) is -0.514. The van der Waals surface area contributed by atoms with Crippen LogP contribution in [-0.2, 0) is 11.2 Å². The topological polar surface area (TPSA) is 95.1 Å². The fourth-order valence-electron chi connectivity index (χ4n) is 4.01. The summed E-state index contributed by atoms with van der Waals surface area (Å²) in [6, 6.07) is 10.1. The third-order valence-corrected chi connectivity index (χ3v) is 5.65. The molecule has 31 heavy (non-hydrogen) atoms. The molecule has 1 aliphatic heterocycles. The van der Waals surface area contributed by atoms with Crippen molar-refractivity contribution >= 4 is 10.9 Å². The van der Waals surface area contributed by atoms with Crippen LogP contribution in [0.25, 0.3) is 10.9 Å². The van der Waals surface area contributed by atoms with Crippen LogP contribution in [0.4, 0.5) is 13.2 Å².